The molecule has 1 N–H and O–H groups in total. The average Bonchev–Trinajstić information content (AvgIpc) is 2.97. The monoisotopic (exact) mass is 317 g/mol. The summed E-state index contributed by atoms with van der Waals surface area (Å²) in [5, 5.41) is 12.0. The van der Waals surface area contributed by atoms with Crippen molar-refractivity contribution in [2.45, 2.75) is 24.9 Å². The molecule has 0 bridgehead atoms. The molecule has 1 aliphatic heterocycles. The largest absolute Gasteiger partial charge is 0.495 e. The average molecular weight is 317 g/mol. The highest BCUT2D eigenvalue weighted by molar-refractivity contribution is 5.86. The van der Waals surface area contributed by atoms with E-state index in [4.69, 9.17) is 9.47 Å². The maximum Gasteiger partial charge on any atom is 0.242 e. The zero-order valence-electron chi connectivity index (χ0n) is 13.9. The van der Waals surface area contributed by atoms with Crippen LogP contribution in [0.25, 0.3) is 0 Å². The van der Waals surface area contributed by atoms with E-state index in [0.717, 1.165) is 24.9 Å². The number of amides is 1. The van der Waals surface area contributed by atoms with Gasteiger partial charge in [-0.05, 0) is 37.1 Å². The number of ether oxygens (including phenoxy) is 2. The van der Waals surface area contributed by atoms with Gasteiger partial charge in [-0.1, -0.05) is 6.07 Å². The fraction of sp³-hybridized carbons (Fsp3) is 0.529. The Balaban J connectivity index is 2.27. The Kier molecular flexibility index (Phi) is 5.59. The minimum Gasteiger partial charge on any atom is -0.495 e. The van der Waals surface area contributed by atoms with E-state index in [0.29, 0.717) is 24.5 Å². The summed E-state index contributed by atoms with van der Waals surface area (Å²) in [6.45, 7) is 1.77. The van der Waals surface area contributed by atoms with Crippen molar-refractivity contribution >= 4 is 5.91 Å². The number of carbonyl (C=O) groups excluding carboxylic acids is 1. The number of likely N-dealkylation sites (N-methyl/N-ethyl adjacent to an activating group) is 1. The van der Waals surface area contributed by atoms with Gasteiger partial charge in [-0.3, -0.25) is 9.69 Å². The number of rotatable bonds is 6. The van der Waals surface area contributed by atoms with Crippen molar-refractivity contribution in [3.05, 3.63) is 29.3 Å². The van der Waals surface area contributed by atoms with Crippen LogP contribution < -0.4 is 10.1 Å². The predicted octanol–water partition coefficient (Wildman–Crippen LogP) is 1.29. The molecule has 0 aromatic heterocycles. The number of nitrogens with one attached hydrogen (secondary N) is 1. The lowest BCUT2D eigenvalue weighted by Gasteiger charge is -2.36. The quantitative estimate of drug-likeness (QED) is 0.856. The fourth-order valence-electron chi connectivity index (χ4n) is 3.28. The first-order chi connectivity index (χ1) is 11.1. The van der Waals surface area contributed by atoms with Crippen LogP contribution in [0.3, 0.4) is 0 Å². The van der Waals surface area contributed by atoms with E-state index in [-0.39, 0.29) is 5.91 Å². The van der Waals surface area contributed by atoms with E-state index in [2.05, 4.69) is 16.3 Å². The summed E-state index contributed by atoms with van der Waals surface area (Å²) in [6, 6.07) is 7.69. The normalized spacial score (nSPS) is 21.0. The second-order valence-electron chi connectivity index (χ2n) is 5.72. The van der Waals surface area contributed by atoms with Crippen LogP contribution >= 0.6 is 0 Å². The van der Waals surface area contributed by atoms with E-state index in [9.17, 15) is 10.1 Å². The maximum atomic E-state index is 12.4. The van der Waals surface area contributed by atoms with Gasteiger partial charge >= 0.3 is 0 Å². The molecule has 1 saturated heterocycles. The Bertz CT molecular complexity index is 612. The van der Waals surface area contributed by atoms with Crippen molar-refractivity contribution < 1.29 is 14.3 Å². The molecule has 1 fully saturated rings. The van der Waals surface area contributed by atoms with Gasteiger partial charge in [0.25, 0.3) is 0 Å². The van der Waals surface area contributed by atoms with Crippen LogP contribution in [0.5, 0.6) is 5.75 Å². The molecule has 6 nitrogen and oxygen atoms in total. The number of carbonyl (C=O) groups is 1. The van der Waals surface area contributed by atoms with Crippen LogP contribution in [-0.4, -0.2) is 50.8 Å². The predicted molar refractivity (Wildman–Crippen MR) is 86.0 cm³/mol. The summed E-state index contributed by atoms with van der Waals surface area (Å²) < 4.78 is 10.5. The van der Waals surface area contributed by atoms with Crippen molar-refractivity contribution in [2.24, 2.45) is 0 Å². The van der Waals surface area contributed by atoms with Crippen LogP contribution in [0, 0.1) is 11.3 Å². The third-order valence-corrected chi connectivity index (χ3v) is 4.41. The molecule has 1 heterocycles. The van der Waals surface area contributed by atoms with Crippen molar-refractivity contribution in [3.63, 3.8) is 0 Å². The molecule has 0 radical (unpaired) electrons. The Hall–Kier alpha value is -2.10. The Morgan fingerprint density at radius 1 is 1.48 bits per heavy atom. The second-order valence-corrected chi connectivity index (χ2v) is 5.72. The molecule has 23 heavy (non-hydrogen) atoms. The van der Waals surface area contributed by atoms with Crippen LogP contribution in [0.4, 0.5) is 0 Å². The minimum atomic E-state index is -0.643. The van der Waals surface area contributed by atoms with Gasteiger partial charge in [-0.25, -0.2) is 0 Å². The third kappa shape index (κ3) is 3.31. The molecule has 1 aliphatic rings. The highest BCUT2D eigenvalue weighted by atomic mass is 16.5. The first kappa shape index (κ1) is 17.3. The second kappa shape index (κ2) is 7.44. The number of hydrogen-bond donors (Lipinski definition) is 1. The first-order valence-corrected chi connectivity index (χ1v) is 7.64. The summed E-state index contributed by atoms with van der Waals surface area (Å²) in [5.41, 5.74) is 0.839. The molecule has 0 aliphatic carbocycles. The fourth-order valence-corrected chi connectivity index (χ4v) is 3.28. The topological polar surface area (TPSA) is 74.6 Å². The SMILES string of the molecule is CNC(=O)C1(COC)CCCN1Cc1ccc(OC)c(C#N)c1. The number of benzene rings is 1. The van der Waals surface area contributed by atoms with Crippen LogP contribution in [-0.2, 0) is 16.1 Å². The van der Waals surface area contributed by atoms with Gasteiger partial charge < -0.3 is 14.8 Å². The standard InChI is InChI=1S/C17H23N3O3/c1-19-16(21)17(12-22-2)7-4-8-20(17)11-13-5-6-15(23-3)14(9-13)10-18/h5-6,9H,4,7-8,11-12H2,1-3H3,(H,19,21). The molecule has 1 aromatic carbocycles. The Labute approximate surface area is 137 Å². The highest BCUT2D eigenvalue weighted by Crippen LogP contribution is 2.32. The Morgan fingerprint density at radius 3 is 2.87 bits per heavy atom. The van der Waals surface area contributed by atoms with Crippen LogP contribution in [0.1, 0.15) is 24.0 Å². The molecular formula is C17H23N3O3. The number of hydrogen-bond acceptors (Lipinski definition) is 5. The highest BCUT2D eigenvalue weighted by Gasteiger charge is 2.46. The number of methoxy groups -OCH3 is 2. The number of nitriles is 1. The van der Waals surface area contributed by atoms with E-state index < -0.39 is 5.54 Å². The smallest absolute Gasteiger partial charge is 0.242 e. The molecule has 2 rings (SSSR count). The molecule has 124 valence electrons. The molecular weight excluding hydrogens is 294 g/mol. The first-order valence-electron chi connectivity index (χ1n) is 7.64. The van der Waals surface area contributed by atoms with Crippen molar-refractivity contribution in [1.29, 1.82) is 5.26 Å². The third-order valence-electron chi connectivity index (χ3n) is 4.41. The summed E-state index contributed by atoms with van der Waals surface area (Å²) in [4.78, 5) is 14.6. The lowest BCUT2D eigenvalue weighted by atomic mass is 9.95. The summed E-state index contributed by atoms with van der Waals surface area (Å²) in [5.74, 6) is 0.540. The minimum absolute atomic E-state index is 0.0223. The van der Waals surface area contributed by atoms with Crippen molar-refractivity contribution in [2.75, 3.05) is 34.4 Å². The van der Waals surface area contributed by atoms with Crippen LogP contribution in [0.2, 0.25) is 0 Å². The van der Waals surface area contributed by atoms with E-state index in [1.165, 1.54) is 0 Å². The van der Waals surface area contributed by atoms with Gasteiger partial charge in [0, 0.05) is 20.7 Å². The van der Waals surface area contributed by atoms with Crippen LogP contribution in [0.15, 0.2) is 18.2 Å². The summed E-state index contributed by atoms with van der Waals surface area (Å²) in [6.07, 6.45) is 1.71. The van der Waals surface area contributed by atoms with Gasteiger partial charge in [-0.15, -0.1) is 0 Å². The van der Waals surface area contributed by atoms with Gasteiger partial charge in [0.1, 0.15) is 17.4 Å². The zero-order chi connectivity index (χ0) is 16.9. The number of nitrogens with zero attached hydrogens (tertiary/aromatic N) is 2. The van der Waals surface area contributed by atoms with Gasteiger partial charge in [0.2, 0.25) is 5.91 Å². The zero-order valence-corrected chi connectivity index (χ0v) is 13.9. The van der Waals surface area contributed by atoms with Gasteiger partial charge in [-0.2, -0.15) is 5.26 Å². The van der Waals surface area contributed by atoms with E-state index in [1.54, 1.807) is 27.3 Å². The Morgan fingerprint density at radius 2 is 2.26 bits per heavy atom. The van der Waals surface area contributed by atoms with E-state index >= 15 is 0 Å². The summed E-state index contributed by atoms with van der Waals surface area (Å²) >= 11 is 0. The van der Waals surface area contributed by atoms with E-state index in [1.807, 2.05) is 12.1 Å². The van der Waals surface area contributed by atoms with Gasteiger partial charge in [0.15, 0.2) is 0 Å². The molecule has 1 aromatic rings. The lowest BCUT2D eigenvalue weighted by Crippen LogP contribution is -2.57. The molecule has 1 unspecified atom stereocenters. The molecule has 1 amide bonds. The molecule has 1 atom stereocenters. The molecule has 0 spiro atoms. The van der Waals surface area contributed by atoms with Gasteiger partial charge in [0.05, 0.1) is 19.3 Å². The lowest BCUT2D eigenvalue weighted by molar-refractivity contribution is -0.135. The molecule has 6 heteroatoms. The molecule has 0 saturated carbocycles. The number of likely N-dealkylation sites (tertiary alicyclic amines) is 1. The maximum absolute atomic E-state index is 12.4. The van der Waals surface area contributed by atoms with Crippen molar-refractivity contribution in [1.82, 2.24) is 10.2 Å². The summed E-state index contributed by atoms with van der Waals surface area (Å²) in [7, 11) is 4.81. The van der Waals surface area contributed by atoms with Crippen molar-refractivity contribution in [3.8, 4) is 11.8 Å².